The summed E-state index contributed by atoms with van der Waals surface area (Å²) in [6.07, 6.45) is 6.21. The molecule has 5 heterocycles. The number of thiazole rings is 1. The highest BCUT2D eigenvalue weighted by Crippen LogP contribution is 2.30. The summed E-state index contributed by atoms with van der Waals surface area (Å²) in [7, 11) is 3.40. The molecule has 1 N–H and O–H groups in total. The van der Waals surface area contributed by atoms with Gasteiger partial charge in [0.15, 0.2) is 10.8 Å². The van der Waals surface area contributed by atoms with E-state index in [1.807, 2.05) is 4.90 Å². The molecule has 12 heteroatoms. The Hall–Kier alpha value is -4.06. The zero-order chi connectivity index (χ0) is 24.1. The number of pyridine rings is 2. The summed E-state index contributed by atoms with van der Waals surface area (Å²) in [5.74, 6) is -0.724. The maximum absolute atomic E-state index is 12.9. The summed E-state index contributed by atoms with van der Waals surface area (Å²) in [6, 6.07) is 1.87. The maximum atomic E-state index is 12.9. The second-order valence-corrected chi connectivity index (χ2v) is 9.20. The molecule has 174 valence electrons. The van der Waals surface area contributed by atoms with Crippen molar-refractivity contribution in [3.63, 3.8) is 0 Å². The van der Waals surface area contributed by atoms with Crippen LogP contribution in [-0.4, -0.2) is 73.4 Å². The number of carboxylic acid groups (broad SMARTS) is 1. The summed E-state index contributed by atoms with van der Waals surface area (Å²) >= 11 is 1.32. The van der Waals surface area contributed by atoms with Crippen molar-refractivity contribution in [3.8, 4) is 5.13 Å². The molecule has 0 bridgehead atoms. The van der Waals surface area contributed by atoms with E-state index in [2.05, 4.69) is 10.1 Å². The van der Waals surface area contributed by atoms with E-state index in [0.717, 1.165) is 0 Å². The first kappa shape index (κ1) is 21.8. The molecule has 0 aromatic carbocycles. The van der Waals surface area contributed by atoms with Gasteiger partial charge in [0, 0.05) is 51.2 Å². The van der Waals surface area contributed by atoms with Gasteiger partial charge in [-0.1, -0.05) is 0 Å². The van der Waals surface area contributed by atoms with Gasteiger partial charge >= 0.3 is 5.97 Å². The second kappa shape index (κ2) is 8.06. The molecule has 34 heavy (non-hydrogen) atoms. The van der Waals surface area contributed by atoms with E-state index in [1.165, 1.54) is 22.4 Å². The van der Waals surface area contributed by atoms with Crippen LogP contribution >= 0.6 is 11.3 Å². The van der Waals surface area contributed by atoms with Crippen molar-refractivity contribution in [2.75, 3.05) is 32.1 Å². The van der Waals surface area contributed by atoms with Gasteiger partial charge in [-0.2, -0.15) is 5.10 Å². The average Bonchev–Trinajstić information content (AvgIpc) is 3.44. The van der Waals surface area contributed by atoms with Crippen LogP contribution in [0.2, 0.25) is 0 Å². The zero-order valence-electron chi connectivity index (χ0n) is 18.7. The number of rotatable bonds is 5. The van der Waals surface area contributed by atoms with E-state index < -0.39 is 11.4 Å². The first-order valence-electron chi connectivity index (χ1n) is 10.5. The second-order valence-electron chi connectivity index (χ2n) is 8.33. The van der Waals surface area contributed by atoms with E-state index in [4.69, 9.17) is 4.98 Å². The summed E-state index contributed by atoms with van der Waals surface area (Å²) in [4.78, 5) is 49.3. The molecule has 0 atom stereocenters. The average molecular weight is 480 g/mol. The Kier molecular flexibility index (Phi) is 5.16. The summed E-state index contributed by atoms with van der Waals surface area (Å²) < 4.78 is 3.34. The number of carbonyl (C=O) groups is 2. The van der Waals surface area contributed by atoms with Crippen molar-refractivity contribution in [2.45, 2.75) is 13.0 Å². The zero-order valence-corrected chi connectivity index (χ0v) is 19.5. The molecule has 0 unspecified atom stereocenters. The van der Waals surface area contributed by atoms with E-state index in [-0.39, 0.29) is 22.9 Å². The first-order chi connectivity index (χ1) is 16.2. The largest absolute Gasteiger partial charge is 0.477 e. The van der Waals surface area contributed by atoms with Gasteiger partial charge in [0.25, 0.3) is 5.91 Å². The molecule has 1 aliphatic rings. The standard InChI is InChI=1S/C22H21N7O4S/c1-12-6-16(27-9-14(10-27)29-8-13(7-24-29)20(31)26(2)3)25-19-17(12)18(30)15(21(32)33)11-28(19)22-23-4-5-34-22/h4-8,11,14H,9-10H2,1-3H3,(H,32,33). The van der Waals surface area contributed by atoms with Crippen LogP contribution in [0.4, 0.5) is 5.82 Å². The molecule has 1 fully saturated rings. The predicted molar refractivity (Wildman–Crippen MR) is 126 cm³/mol. The summed E-state index contributed by atoms with van der Waals surface area (Å²) in [6.45, 7) is 3.03. The summed E-state index contributed by atoms with van der Waals surface area (Å²) in [5.41, 5.74) is 0.639. The number of hydrogen-bond acceptors (Lipinski definition) is 8. The quantitative estimate of drug-likeness (QED) is 0.459. The van der Waals surface area contributed by atoms with Gasteiger partial charge in [0.1, 0.15) is 11.4 Å². The van der Waals surface area contributed by atoms with E-state index in [9.17, 15) is 19.5 Å². The number of aromatic carboxylic acids is 1. The van der Waals surface area contributed by atoms with Gasteiger partial charge in [-0.15, -0.1) is 11.3 Å². The molecule has 5 rings (SSSR count). The number of nitrogens with zero attached hydrogens (tertiary/aromatic N) is 7. The van der Waals surface area contributed by atoms with Crippen LogP contribution in [0.3, 0.4) is 0 Å². The predicted octanol–water partition coefficient (Wildman–Crippen LogP) is 1.81. The van der Waals surface area contributed by atoms with Gasteiger partial charge in [-0.05, 0) is 18.6 Å². The molecule has 1 amide bonds. The van der Waals surface area contributed by atoms with Crippen molar-refractivity contribution in [3.05, 3.63) is 63.1 Å². The smallest absolute Gasteiger partial charge is 0.341 e. The highest BCUT2D eigenvalue weighted by Gasteiger charge is 2.31. The minimum atomic E-state index is -1.29. The molecular weight excluding hydrogens is 458 g/mol. The lowest BCUT2D eigenvalue weighted by Gasteiger charge is -2.40. The number of hydrogen-bond donors (Lipinski definition) is 1. The van der Waals surface area contributed by atoms with Crippen LogP contribution in [0, 0.1) is 6.92 Å². The lowest BCUT2D eigenvalue weighted by molar-refractivity contribution is 0.0694. The van der Waals surface area contributed by atoms with Crippen molar-refractivity contribution in [1.82, 2.24) is 29.2 Å². The van der Waals surface area contributed by atoms with Gasteiger partial charge < -0.3 is 14.9 Å². The number of aryl methyl sites for hydroxylation is 1. The van der Waals surface area contributed by atoms with Crippen molar-refractivity contribution >= 4 is 40.1 Å². The minimum Gasteiger partial charge on any atom is -0.477 e. The highest BCUT2D eigenvalue weighted by atomic mass is 32.1. The molecule has 1 aliphatic heterocycles. The Morgan fingerprint density at radius 1 is 1.24 bits per heavy atom. The van der Waals surface area contributed by atoms with E-state index in [0.29, 0.717) is 40.8 Å². The Morgan fingerprint density at radius 3 is 2.65 bits per heavy atom. The monoisotopic (exact) mass is 479 g/mol. The molecule has 0 aliphatic carbocycles. The maximum Gasteiger partial charge on any atom is 0.341 e. The Morgan fingerprint density at radius 2 is 2.00 bits per heavy atom. The van der Waals surface area contributed by atoms with Crippen molar-refractivity contribution < 1.29 is 14.7 Å². The molecule has 0 spiro atoms. The molecule has 1 saturated heterocycles. The van der Waals surface area contributed by atoms with Crippen molar-refractivity contribution in [1.29, 1.82) is 0 Å². The van der Waals surface area contributed by atoms with Crippen molar-refractivity contribution in [2.24, 2.45) is 0 Å². The highest BCUT2D eigenvalue weighted by molar-refractivity contribution is 7.12. The van der Waals surface area contributed by atoms with Crippen LogP contribution in [-0.2, 0) is 0 Å². The first-order valence-corrected chi connectivity index (χ1v) is 11.3. The van der Waals surface area contributed by atoms with Crippen LogP contribution < -0.4 is 10.3 Å². The third-order valence-electron chi connectivity index (χ3n) is 5.81. The van der Waals surface area contributed by atoms with Crippen LogP contribution in [0.1, 0.15) is 32.3 Å². The Balaban J connectivity index is 1.50. The van der Waals surface area contributed by atoms with Gasteiger partial charge in [0.05, 0.1) is 23.2 Å². The fraction of sp³-hybridized carbons (Fsp3) is 0.273. The third-order valence-corrected chi connectivity index (χ3v) is 6.58. The Bertz CT molecular complexity index is 1480. The normalized spacial score (nSPS) is 13.8. The number of anilines is 1. The lowest BCUT2D eigenvalue weighted by atomic mass is 10.1. The number of amides is 1. The number of carbonyl (C=O) groups excluding carboxylic acids is 1. The van der Waals surface area contributed by atoms with E-state index in [1.54, 1.807) is 60.3 Å². The van der Waals surface area contributed by atoms with Crippen LogP contribution in [0.25, 0.3) is 16.2 Å². The third kappa shape index (κ3) is 3.52. The molecular formula is C22H21N7O4S. The Labute approximate surface area is 197 Å². The van der Waals surface area contributed by atoms with Gasteiger partial charge in [-0.3, -0.25) is 18.8 Å². The number of aromatic nitrogens is 5. The SMILES string of the molecule is Cc1cc(N2CC(n3cc(C(=O)N(C)C)cn3)C2)nc2c1c(=O)c(C(=O)O)cn2-c1nccs1. The fourth-order valence-corrected chi connectivity index (χ4v) is 4.61. The van der Waals surface area contributed by atoms with Gasteiger partial charge in [0.2, 0.25) is 5.43 Å². The van der Waals surface area contributed by atoms with Crippen LogP contribution in [0.5, 0.6) is 0 Å². The minimum absolute atomic E-state index is 0.0806. The molecule has 4 aromatic heterocycles. The van der Waals surface area contributed by atoms with Crippen LogP contribution in [0.15, 0.2) is 41.0 Å². The lowest BCUT2D eigenvalue weighted by Crippen LogP contribution is -2.48. The topological polar surface area (TPSA) is 126 Å². The number of carboxylic acids is 1. The summed E-state index contributed by atoms with van der Waals surface area (Å²) in [5, 5.41) is 16.4. The molecule has 0 saturated carbocycles. The fourth-order valence-electron chi connectivity index (χ4n) is 3.99. The van der Waals surface area contributed by atoms with Gasteiger partial charge in [-0.25, -0.2) is 14.8 Å². The molecule has 4 aromatic rings. The molecule has 11 nitrogen and oxygen atoms in total. The van der Waals surface area contributed by atoms with E-state index >= 15 is 0 Å². The number of fused-ring (bicyclic) bond motifs is 1. The molecule has 0 radical (unpaired) electrons.